The minimum absolute atomic E-state index is 0.0195. The van der Waals surface area contributed by atoms with Gasteiger partial charge in [0, 0.05) is 17.9 Å². The topological polar surface area (TPSA) is 160 Å². The quantitative estimate of drug-likeness (QED) is 0.290. The first-order chi connectivity index (χ1) is 15.5. The number of hydrogen-bond donors (Lipinski definition) is 4. The smallest absolute Gasteiger partial charge is 0.291 e. The number of amides is 4. The summed E-state index contributed by atoms with van der Waals surface area (Å²) in [5, 5.41) is 3.85. The van der Waals surface area contributed by atoms with Crippen molar-refractivity contribution in [1.29, 1.82) is 0 Å². The fraction of sp³-hybridized carbons (Fsp3) is 0.450. The highest BCUT2D eigenvalue weighted by molar-refractivity contribution is 6.29. The van der Waals surface area contributed by atoms with Crippen LogP contribution in [0.1, 0.15) is 37.2 Å². The van der Waals surface area contributed by atoms with Crippen LogP contribution in [-0.2, 0) is 14.4 Å². The maximum atomic E-state index is 13.3. The molecule has 2 atom stereocenters. The predicted octanol–water partition coefficient (Wildman–Crippen LogP) is 0.986. The zero-order valence-corrected chi connectivity index (χ0v) is 19.1. The number of hydrogen-bond acceptors (Lipinski definition) is 6. The van der Waals surface area contributed by atoms with Crippen LogP contribution in [0, 0.1) is 5.92 Å². The first-order valence-corrected chi connectivity index (χ1v) is 10.5. The average molecular weight is 485 g/mol. The number of primary amides is 1. The largest absolute Gasteiger partial charge is 0.481 e. The van der Waals surface area contributed by atoms with Crippen molar-refractivity contribution < 1.29 is 28.3 Å². The molecule has 0 saturated carbocycles. The van der Waals surface area contributed by atoms with Gasteiger partial charge in [0.25, 0.3) is 23.4 Å². The fourth-order valence-electron chi connectivity index (χ4n) is 2.96. The predicted molar refractivity (Wildman–Crippen MR) is 118 cm³/mol. The van der Waals surface area contributed by atoms with Gasteiger partial charge in [-0.3, -0.25) is 24.6 Å². The van der Waals surface area contributed by atoms with Crippen molar-refractivity contribution >= 4 is 46.1 Å². The minimum Gasteiger partial charge on any atom is -0.481 e. The number of fused-ring (bicyclic) bond motifs is 1. The molecule has 0 saturated heterocycles. The lowest BCUT2D eigenvalue weighted by atomic mass is 10.0. The number of H-pyrrole nitrogens is 1. The third-order valence-corrected chi connectivity index (χ3v) is 4.73. The molecule has 0 aliphatic heterocycles. The van der Waals surface area contributed by atoms with Crippen LogP contribution in [-0.4, -0.2) is 63.9 Å². The van der Waals surface area contributed by atoms with Crippen LogP contribution in [0.15, 0.2) is 18.3 Å². The van der Waals surface area contributed by atoms with Crippen LogP contribution < -0.4 is 21.2 Å². The molecule has 2 rings (SSSR count). The molecule has 4 amide bonds. The van der Waals surface area contributed by atoms with Crippen LogP contribution >= 0.6 is 11.6 Å². The minimum atomic E-state index is -2.44. The number of aromatic nitrogens is 2. The Kier molecular flexibility index (Phi) is 8.97. The van der Waals surface area contributed by atoms with Crippen molar-refractivity contribution in [3.8, 4) is 5.88 Å². The van der Waals surface area contributed by atoms with E-state index in [1.54, 1.807) is 12.1 Å². The molecule has 5 N–H and O–H groups in total. The van der Waals surface area contributed by atoms with Crippen molar-refractivity contribution in [2.45, 2.75) is 38.4 Å². The zero-order chi connectivity index (χ0) is 24.7. The molecule has 11 nitrogen and oxygen atoms in total. The van der Waals surface area contributed by atoms with E-state index in [9.17, 15) is 23.6 Å². The van der Waals surface area contributed by atoms with Crippen molar-refractivity contribution in [3.63, 3.8) is 0 Å². The molecule has 0 fully saturated rings. The summed E-state index contributed by atoms with van der Waals surface area (Å²) >= 11 is 5.20. The number of carbonyl (C=O) groups excluding carboxylic acids is 4. The number of alkyl halides is 2. The number of nitrogens with one attached hydrogen (secondary N) is 3. The number of ether oxygens (including phenoxy) is 1. The van der Waals surface area contributed by atoms with E-state index in [0.29, 0.717) is 21.8 Å². The first-order valence-electron chi connectivity index (χ1n) is 10.0. The molecule has 0 aromatic carbocycles. The maximum Gasteiger partial charge on any atom is 0.291 e. The Bertz CT molecular complexity index is 1030. The van der Waals surface area contributed by atoms with E-state index in [2.05, 4.69) is 20.7 Å². The van der Waals surface area contributed by atoms with Crippen molar-refractivity contribution in [2.24, 2.45) is 11.7 Å². The van der Waals surface area contributed by atoms with Gasteiger partial charge in [0.05, 0.1) is 25.4 Å². The zero-order valence-electron chi connectivity index (χ0n) is 18.4. The summed E-state index contributed by atoms with van der Waals surface area (Å²) in [6, 6.07) is 2.14. The number of hydrazine groups is 1. The van der Waals surface area contributed by atoms with Gasteiger partial charge in [-0.25, -0.2) is 14.4 Å². The standard InChI is InChI=1S/C20H26ClFN6O5/c1-10(2)6-12(19(31)27-28(5-4-15(23)29)20(32)17(21)22)26-18(30)13-7-11-8-16(33-3)24-9-14(11)25-13/h7-10,12,17,25H,4-6H2,1-3H3,(H2,23,29)(H,26,30)(H,27,31). The molecular formula is C20H26ClFN6O5. The van der Waals surface area contributed by atoms with Crippen molar-refractivity contribution in [1.82, 2.24) is 25.7 Å². The molecule has 0 aliphatic rings. The van der Waals surface area contributed by atoms with E-state index in [1.165, 1.54) is 13.3 Å². The molecule has 0 bridgehead atoms. The van der Waals surface area contributed by atoms with Crippen LogP contribution in [0.5, 0.6) is 5.88 Å². The van der Waals surface area contributed by atoms with Gasteiger partial charge in [-0.2, -0.15) is 0 Å². The Balaban J connectivity index is 2.19. The lowest BCUT2D eigenvalue weighted by Crippen LogP contribution is -2.56. The molecule has 2 aromatic heterocycles. The van der Waals surface area contributed by atoms with Gasteiger partial charge in [0.1, 0.15) is 11.7 Å². The number of carbonyl (C=O) groups is 4. The second kappa shape index (κ2) is 11.5. The van der Waals surface area contributed by atoms with Gasteiger partial charge in [-0.05, 0) is 18.4 Å². The molecule has 0 radical (unpaired) electrons. The van der Waals surface area contributed by atoms with Gasteiger partial charge < -0.3 is 20.8 Å². The van der Waals surface area contributed by atoms with Crippen LogP contribution in [0.4, 0.5) is 4.39 Å². The number of nitrogens with two attached hydrogens (primary N) is 1. The first kappa shape index (κ1) is 25.8. The van der Waals surface area contributed by atoms with E-state index in [-0.39, 0.29) is 31.0 Å². The Morgan fingerprint density at radius 3 is 2.58 bits per heavy atom. The number of halogens is 2. The Hall–Kier alpha value is -3.41. The Morgan fingerprint density at radius 2 is 2.00 bits per heavy atom. The van der Waals surface area contributed by atoms with Gasteiger partial charge >= 0.3 is 0 Å². The van der Waals surface area contributed by atoms with E-state index >= 15 is 0 Å². The number of rotatable bonds is 10. The summed E-state index contributed by atoms with van der Waals surface area (Å²) < 4.78 is 18.4. The molecule has 0 spiro atoms. The molecule has 180 valence electrons. The van der Waals surface area contributed by atoms with E-state index in [0.717, 1.165) is 0 Å². The second-order valence-corrected chi connectivity index (χ2v) is 8.02. The third-order valence-electron chi connectivity index (χ3n) is 4.54. The molecule has 13 heteroatoms. The summed E-state index contributed by atoms with van der Waals surface area (Å²) in [7, 11) is 1.47. The number of methoxy groups -OCH3 is 1. The number of nitrogens with zero attached hydrogens (tertiary/aromatic N) is 2. The van der Waals surface area contributed by atoms with E-state index in [4.69, 9.17) is 22.1 Å². The molecule has 33 heavy (non-hydrogen) atoms. The van der Waals surface area contributed by atoms with Crippen molar-refractivity contribution in [3.05, 3.63) is 24.0 Å². The molecule has 2 aromatic rings. The number of aromatic amines is 1. The Labute approximate surface area is 194 Å². The lowest BCUT2D eigenvalue weighted by molar-refractivity contribution is -0.144. The van der Waals surface area contributed by atoms with E-state index < -0.39 is 35.3 Å². The molecule has 0 aliphatic carbocycles. The van der Waals surface area contributed by atoms with Gasteiger partial charge in [0.2, 0.25) is 11.8 Å². The normalized spacial score (nSPS) is 12.8. The van der Waals surface area contributed by atoms with Crippen LogP contribution in [0.3, 0.4) is 0 Å². The van der Waals surface area contributed by atoms with Gasteiger partial charge in [-0.15, -0.1) is 0 Å². The highest BCUT2D eigenvalue weighted by atomic mass is 35.5. The Morgan fingerprint density at radius 1 is 1.30 bits per heavy atom. The lowest BCUT2D eigenvalue weighted by Gasteiger charge is -2.27. The summed E-state index contributed by atoms with van der Waals surface area (Å²) in [5.41, 5.74) is 5.61. The molecule has 2 heterocycles. The fourth-order valence-corrected chi connectivity index (χ4v) is 3.07. The average Bonchev–Trinajstić information content (AvgIpc) is 3.18. The monoisotopic (exact) mass is 484 g/mol. The number of pyridine rings is 1. The summed E-state index contributed by atoms with van der Waals surface area (Å²) in [6.45, 7) is 3.28. The highest BCUT2D eigenvalue weighted by Gasteiger charge is 2.29. The van der Waals surface area contributed by atoms with Crippen LogP contribution in [0.25, 0.3) is 10.9 Å². The summed E-state index contributed by atoms with van der Waals surface area (Å²) in [5.74, 6) is -3.04. The molecule has 2 unspecified atom stereocenters. The highest BCUT2D eigenvalue weighted by Crippen LogP contribution is 2.19. The van der Waals surface area contributed by atoms with E-state index in [1.807, 2.05) is 13.8 Å². The van der Waals surface area contributed by atoms with Gasteiger partial charge in [0.15, 0.2) is 0 Å². The molecular weight excluding hydrogens is 459 g/mol. The summed E-state index contributed by atoms with van der Waals surface area (Å²) in [4.78, 5) is 55.6. The van der Waals surface area contributed by atoms with Gasteiger partial charge in [-0.1, -0.05) is 25.4 Å². The summed E-state index contributed by atoms with van der Waals surface area (Å²) in [6.07, 6.45) is 1.39. The SMILES string of the molecule is COc1cc2cc(C(=O)NC(CC(C)C)C(=O)NN(CCC(N)=O)C(=O)C(F)Cl)[nH]c2cn1. The maximum absolute atomic E-state index is 13.3. The second-order valence-electron chi connectivity index (χ2n) is 7.64. The van der Waals surface area contributed by atoms with Crippen molar-refractivity contribution in [2.75, 3.05) is 13.7 Å². The van der Waals surface area contributed by atoms with Crippen LogP contribution in [0.2, 0.25) is 0 Å². The third kappa shape index (κ3) is 7.31.